The summed E-state index contributed by atoms with van der Waals surface area (Å²) in [6.07, 6.45) is 3.40. The maximum absolute atomic E-state index is 12.1. The lowest BCUT2D eigenvalue weighted by molar-refractivity contribution is -0.115. The zero-order valence-electron chi connectivity index (χ0n) is 14.5. The summed E-state index contributed by atoms with van der Waals surface area (Å²) in [5.74, 6) is 0.667. The van der Waals surface area contributed by atoms with E-state index in [4.69, 9.17) is 5.73 Å². The van der Waals surface area contributed by atoms with Crippen molar-refractivity contribution in [3.63, 3.8) is 0 Å². The minimum atomic E-state index is -0.498. The third-order valence-electron chi connectivity index (χ3n) is 4.50. The molecule has 0 fully saturated rings. The number of nitrogens with one attached hydrogen (secondary N) is 1. The van der Waals surface area contributed by atoms with Gasteiger partial charge in [-0.15, -0.1) is 5.10 Å². The first-order valence-corrected chi connectivity index (χ1v) is 8.26. The lowest BCUT2D eigenvalue weighted by atomic mass is 9.97. The Labute approximate surface area is 150 Å². The van der Waals surface area contributed by atoms with E-state index in [1.807, 2.05) is 50.2 Å². The van der Waals surface area contributed by atoms with Gasteiger partial charge in [0.2, 0.25) is 11.9 Å². The minimum absolute atomic E-state index is 0.451. The number of nitrogens with zero attached hydrogens (tertiary/aromatic N) is 4. The molecule has 0 radical (unpaired) electrons. The number of nitrogens with two attached hydrogens (primary N) is 1. The maximum atomic E-state index is 12.1. The Morgan fingerprint density at radius 1 is 1.19 bits per heavy atom. The third-order valence-corrected chi connectivity index (χ3v) is 4.50. The molecule has 0 aliphatic carbocycles. The van der Waals surface area contributed by atoms with E-state index in [2.05, 4.69) is 20.4 Å². The van der Waals surface area contributed by atoms with Gasteiger partial charge in [0.25, 0.3) is 0 Å². The van der Waals surface area contributed by atoms with Crippen LogP contribution in [0.2, 0.25) is 0 Å². The number of hydrogen-bond acceptors (Lipinski definition) is 5. The molecule has 1 aliphatic heterocycles. The van der Waals surface area contributed by atoms with Crippen LogP contribution >= 0.6 is 0 Å². The molecule has 0 spiro atoms. The molecule has 4 rings (SSSR count). The number of fused-ring (bicyclic) bond motifs is 1. The van der Waals surface area contributed by atoms with E-state index < -0.39 is 11.9 Å². The molecule has 1 aliphatic rings. The van der Waals surface area contributed by atoms with Crippen LogP contribution in [0.3, 0.4) is 0 Å². The van der Waals surface area contributed by atoms with Crippen LogP contribution in [0.25, 0.3) is 11.4 Å². The van der Waals surface area contributed by atoms with E-state index in [1.165, 1.54) is 0 Å². The SMILES string of the molecule is CC1=C(C(N)=O)C(c2cccnc2)n2nc(-c3ccccc3C)nc2N1. The number of primary amides is 1. The Balaban J connectivity index is 1.90. The molecule has 26 heavy (non-hydrogen) atoms. The molecule has 0 saturated heterocycles. The fraction of sp³-hybridized carbons (Fsp3) is 0.158. The van der Waals surface area contributed by atoms with E-state index in [-0.39, 0.29) is 0 Å². The molecule has 1 atom stereocenters. The Bertz CT molecular complexity index is 1020. The predicted molar refractivity (Wildman–Crippen MR) is 98.1 cm³/mol. The first kappa shape index (κ1) is 16.0. The number of allylic oxidation sites excluding steroid dienone is 1. The lowest BCUT2D eigenvalue weighted by Gasteiger charge is -2.27. The van der Waals surface area contributed by atoms with Crippen LogP contribution in [0.5, 0.6) is 0 Å². The van der Waals surface area contributed by atoms with Crippen LogP contribution in [-0.2, 0) is 4.79 Å². The molecule has 0 bridgehead atoms. The number of benzene rings is 1. The molecular weight excluding hydrogens is 328 g/mol. The quantitative estimate of drug-likeness (QED) is 0.759. The number of rotatable bonds is 3. The molecular formula is C19H18N6O. The van der Waals surface area contributed by atoms with Crippen LogP contribution in [0.1, 0.15) is 24.1 Å². The van der Waals surface area contributed by atoms with Crippen LogP contribution in [0.4, 0.5) is 5.95 Å². The van der Waals surface area contributed by atoms with Crippen molar-refractivity contribution in [3.05, 3.63) is 71.2 Å². The fourth-order valence-corrected chi connectivity index (χ4v) is 3.25. The smallest absolute Gasteiger partial charge is 0.248 e. The summed E-state index contributed by atoms with van der Waals surface area (Å²) in [5, 5.41) is 7.83. The molecule has 3 N–H and O–H groups in total. The first-order chi connectivity index (χ1) is 12.6. The highest BCUT2D eigenvalue weighted by molar-refractivity contribution is 5.95. The summed E-state index contributed by atoms with van der Waals surface area (Å²) in [7, 11) is 0. The summed E-state index contributed by atoms with van der Waals surface area (Å²) in [5.41, 5.74) is 9.63. The average Bonchev–Trinajstić information content (AvgIpc) is 3.04. The van der Waals surface area contributed by atoms with Crippen molar-refractivity contribution in [3.8, 4) is 11.4 Å². The Morgan fingerprint density at radius 3 is 2.69 bits per heavy atom. The summed E-state index contributed by atoms with van der Waals surface area (Å²) in [6.45, 7) is 3.83. The molecule has 7 nitrogen and oxygen atoms in total. The van der Waals surface area contributed by atoms with Gasteiger partial charge >= 0.3 is 0 Å². The molecule has 1 amide bonds. The molecule has 130 valence electrons. The zero-order chi connectivity index (χ0) is 18.3. The number of hydrogen-bond donors (Lipinski definition) is 2. The molecule has 0 saturated carbocycles. The summed E-state index contributed by atoms with van der Waals surface area (Å²) < 4.78 is 1.70. The van der Waals surface area contributed by atoms with Crippen molar-refractivity contribution in [2.45, 2.75) is 19.9 Å². The van der Waals surface area contributed by atoms with E-state index in [0.29, 0.717) is 23.0 Å². The van der Waals surface area contributed by atoms with Gasteiger partial charge in [0.15, 0.2) is 5.82 Å². The Morgan fingerprint density at radius 2 is 2.00 bits per heavy atom. The first-order valence-electron chi connectivity index (χ1n) is 8.26. The molecule has 1 aromatic carbocycles. The number of aryl methyl sites for hydroxylation is 1. The molecule has 3 heterocycles. The molecule has 1 unspecified atom stereocenters. The Kier molecular flexibility index (Phi) is 3.76. The van der Waals surface area contributed by atoms with Gasteiger partial charge in [-0.1, -0.05) is 30.3 Å². The number of anilines is 1. The van der Waals surface area contributed by atoms with Crippen molar-refractivity contribution in [1.82, 2.24) is 19.7 Å². The van der Waals surface area contributed by atoms with Gasteiger partial charge in [0.1, 0.15) is 6.04 Å². The van der Waals surface area contributed by atoms with Crippen LogP contribution in [-0.4, -0.2) is 25.7 Å². The standard InChI is InChI=1S/C19H18N6O/c1-11-6-3-4-8-14(11)18-23-19-22-12(2)15(17(20)26)16(25(19)24-18)13-7-5-9-21-10-13/h3-10,16H,1-2H3,(H2,20,26)(H,22,23,24). The van der Waals surface area contributed by atoms with Crippen LogP contribution < -0.4 is 11.1 Å². The van der Waals surface area contributed by atoms with Crippen molar-refractivity contribution < 1.29 is 4.79 Å². The highest BCUT2D eigenvalue weighted by Gasteiger charge is 2.33. The summed E-state index contributed by atoms with van der Waals surface area (Å²) in [4.78, 5) is 20.9. The highest BCUT2D eigenvalue weighted by Crippen LogP contribution is 2.35. The van der Waals surface area contributed by atoms with Gasteiger partial charge in [0.05, 0.1) is 5.57 Å². The third kappa shape index (κ3) is 2.54. The number of carbonyl (C=O) groups is 1. The second kappa shape index (κ2) is 6.11. The molecule has 7 heteroatoms. The van der Waals surface area contributed by atoms with Gasteiger partial charge in [0, 0.05) is 23.7 Å². The van der Waals surface area contributed by atoms with Crippen LogP contribution in [0.15, 0.2) is 60.1 Å². The second-order valence-corrected chi connectivity index (χ2v) is 6.24. The van der Waals surface area contributed by atoms with Gasteiger partial charge in [-0.05, 0) is 31.0 Å². The largest absolute Gasteiger partial charge is 0.366 e. The number of aromatic nitrogens is 4. The monoisotopic (exact) mass is 346 g/mol. The van der Waals surface area contributed by atoms with Gasteiger partial charge in [-0.25, -0.2) is 4.68 Å². The van der Waals surface area contributed by atoms with E-state index in [1.54, 1.807) is 17.1 Å². The fourth-order valence-electron chi connectivity index (χ4n) is 3.25. The number of pyridine rings is 1. The van der Waals surface area contributed by atoms with E-state index in [0.717, 1.165) is 16.7 Å². The molecule has 3 aromatic rings. The summed E-state index contributed by atoms with van der Waals surface area (Å²) in [6, 6.07) is 11.2. The maximum Gasteiger partial charge on any atom is 0.248 e. The Hall–Kier alpha value is -3.48. The van der Waals surface area contributed by atoms with E-state index >= 15 is 0 Å². The van der Waals surface area contributed by atoms with Crippen molar-refractivity contribution >= 4 is 11.9 Å². The number of amides is 1. The van der Waals surface area contributed by atoms with Crippen molar-refractivity contribution in [2.75, 3.05) is 5.32 Å². The minimum Gasteiger partial charge on any atom is -0.366 e. The zero-order valence-corrected chi connectivity index (χ0v) is 14.5. The van der Waals surface area contributed by atoms with E-state index in [9.17, 15) is 4.79 Å². The predicted octanol–water partition coefficient (Wildman–Crippen LogP) is 2.42. The van der Waals surface area contributed by atoms with Crippen molar-refractivity contribution in [2.24, 2.45) is 5.73 Å². The average molecular weight is 346 g/mol. The van der Waals surface area contributed by atoms with Gasteiger partial charge in [-0.3, -0.25) is 9.78 Å². The lowest BCUT2D eigenvalue weighted by Crippen LogP contribution is -2.31. The van der Waals surface area contributed by atoms with Crippen molar-refractivity contribution in [1.29, 1.82) is 0 Å². The highest BCUT2D eigenvalue weighted by atomic mass is 16.1. The summed E-state index contributed by atoms with van der Waals surface area (Å²) >= 11 is 0. The normalized spacial score (nSPS) is 16.2. The number of carbonyl (C=O) groups excluding carboxylic acids is 1. The van der Waals surface area contributed by atoms with Gasteiger partial charge in [-0.2, -0.15) is 4.98 Å². The topological polar surface area (TPSA) is 98.7 Å². The molecule has 2 aromatic heterocycles. The van der Waals surface area contributed by atoms with Crippen LogP contribution in [0, 0.1) is 6.92 Å². The second-order valence-electron chi connectivity index (χ2n) is 6.24. The van der Waals surface area contributed by atoms with Gasteiger partial charge < -0.3 is 11.1 Å².